The Morgan fingerprint density at radius 3 is 2.72 bits per heavy atom. The summed E-state index contributed by atoms with van der Waals surface area (Å²) in [5.74, 6) is 0.552. The van der Waals surface area contributed by atoms with Gasteiger partial charge in [-0.3, -0.25) is 9.78 Å². The largest absolute Gasteiger partial charge is 0.371 e. The molecular weight excluding hydrogens is 312 g/mol. The number of ether oxygens (including phenoxy) is 1. The maximum atomic E-state index is 12.1. The van der Waals surface area contributed by atoms with Crippen LogP contribution < -0.4 is 0 Å². The second-order valence-corrected chi connectivity index (χ2v) is 6.60. The van der Waals surface area contributed by atoms with Gasteiger partial charge in [-0.05, 0) is 30.5 Å². The molecule has 4 heteroatoms. The van der Waals surface area contributed by atoms with Crippen molar-refractivity contribution in [1.82, 2.24) is 9.88 Å². The summed E-state index contributed by atoms with van der Waals surface area (Å²) in [6.45, 7) is 4.01. The van der Waals surface area contributed by atoms with Crippen LogP contribution in [0.25, 0.3) is 0 Å². The van der Waals surface area contributed by atoms with Gasteiger partial charge in [0.2, 0.25) is 5.91 Å². The lowest BCUT2D eigenvalue weighted by Crippen LogP contribution is -2.47. The summed E-state index contributed by atoms with van der Waals surface area (Å²) in [5.41, 5.74) is 2.25. The lowest BCUT2D eigenvalue weighted by molar-refractivity contribution is -0.136. The minimum Gasteiger partial charge on any atom is -0.371 e. The molecule has 4 nitrogen and oxygen atoms in total. The topological polar surface area (TPSA) is 42.4 Å². The fraction of sp³-hybridized carbons (Fsp3) is 0.429. The number of benzene rings is 1. The van der Waals surface area contributed by atoms with Gasteiger partial charge in [0.05, 0.1) is 18.4 Å². The van der Waals surface area contributed by atoms with E-state index in [-0.39, 0.29) is 12.0 Å². The Bertz CT molecular complexity index is 660. The second-order valence-electron chi connectivity index (χ2n) is 6.60. The molecule has 1 amide bonds. The van der Waals surface area contributed by atoms with Gasteiger partial charge < -0.3 is 9.64 Å². The predicted molar refractivity (Wildman–Crippen MR) is 97.9 cm³/mol. The van der Waals surface area contributed by atoms with Gasteiger partial charge in [-0.15, -0.1) is 0 Å². The molecule has 2 aromatic rings. The molecule has 1 aromatic heterocycles. The monoisotopic (exact) mass is 338 g/mol. The van der Waals surface area contributed by atoms with Crippen LogP contribution in [0.1, 0.15) is 31.0 Å². The van der Waals surface area contributed by atoms with Crippen LogP contribution in [-0.2, 0) is 22.6 Å². The third kappa shape index (κ3) is 4.89. The highest BCUT2D eigenvalue weighted by molar-refractivity contribution is 5.75. The first-order valence-electron chi connectivity index (χ1n) is 9.09. The Morgan fingerprint density at radius 2 is 2.00 bits per heavy atom. The molecule has 0 unspecified atom stereocenters. The summed E-state index contributed by atoms with van der Waals surface area (Å²) in [5, 5.41) is 0. The van der Waals surface area contributed by atoms with E-state index in [1.165, 1.54) is 5.56 Å². The third-order valence-corrected chi connectivity index (χ3v) is 4.83. The molecule has 0 N–H and O–H groups in total. The van der Waals surface area contributed by atoms with Gasteiger partial charge in [0.15, 0.2) is 0 Å². The Hall–Kier alpha value is -2.20. The van der Waals surface area contributed by atoms with Crippen molar-refractivity contribution >= 4 is 5.91 Å². The van der Waals surface area contributed by atoms with Crippen molar-refractivity contribution in [3.63, 3.8) is 0 Å². The van der Waals surface area contributed by atoms with Crippen molar-refractivity contribution in [1.29, 1.82) is 0 Å². The van der Waals surface area contributed by atoms with E-state index in [9.17, 15) is 4.79 Å². The van der Waals surface area contributed by atoms with Crippen LogP contribution in [0, 0.1) is 5.92 Å². The number of aromatic nitrogens is 1. The summed E-state index contributed by atoms with van der Waals surface area (Å²) in [4.78, 5) is 18.5. The lowest BCUT2D eigenvalue weighted by Gasteiger charge is -2.38. The first kappa shape index (κ1) is 17.6. The maximum absolute atomic E-state index is 12.1. The molecule has 3 rings (SSSR count). The van der Waals surface area contributed by atoms with Crippen molar-refractivity contribution in [2.75, 3.05) is 13.1 Å². The lowest BCUT2D eigenvalue weighted by atomic mass is 9.88. The summed E-state index contributed by atoms with van der Waals surface area (Å²) < 4.78 is 6.22. The fourth-order valence-corrected chi connectivity index (χ4v) is 3.47. The Labute approximate surface area is 149 Å². The van der Waals surface area contributed by atoms with E-state index in [1.54, 1.807) is 6.20 Å². The minimum atomic E-state index is 0.156. The van der Waals surface area contributed by atoms with E-state index >= 15 is 0 Å². The smallest absolute Gasteiger partial charge is 0.222 e. The van der Waals surface area contributed by atoms with Gasteiger partial charge in [-0.2, -0.15) is 0 Å². The molecule has 1 aliphatic rings. The van der Waals surface area contributed by atoms with E-state index in [4.69, 9.17) is 4.74 Å². The van der Waals surface area contributed by atoms with Crippen molar-refractivity contribution in [2.24, 2.45) is 5.92 Å². The fourth-order valence-electron chi connectivity index (χ4n) is 3.47. The highest BCUT2D eigenvalue weighted by Gasteiger charge is 2.31. The molecule has 0 aliphatic carbocycles. The maximum Gasteiger partial charge on any atom is 0.222 e. The zero-order valence-corrected chi connectivity index (χ0v) is 14.8. The van der Waals surface area contributed by atoms with Gasteiger partial charge in [0.1, 0.15) is 0 Å². The average Bonchev–Trinajstić information content (AvgIpc) is 2.68. The number of hydrogen-bond donors (Lipinski definition) is 0. The first-order valence-corrected chi connectivity index (χ1v) is 9.09. The van der Waals surface area contributed by atoms with Crippen LogP contribution >= 0.6 is 0 Å². The van der Waals surface area contributed by atoms with Crippen molar-refractivity contribution in [3.05, 3.63) is 66.0 Å². The zero-order chi connectivity index (χ0) is 17.5. The molecule has 0 bridgehead atoms. The van der Waals surface area contributed by atoms with Gasteiger partial charge in [0, 0.05) is 31.6 Å². The molecule has 0 radical (unpaired) electrons. The number of carbonyl (C=O) groups is 1. The molecule has 1 aliphatic heterocycles. The van der Waals surface area contributed by atoms with E-state index in [1.807, 2.05) is 36.1 Å². The molecule has 2 heterocycles. The molecule has 1 fully saturated rings. The number of pyridine rings is 1. The number of piperidine rings is 1. The highest BCUT2D eigenvalue weighted by Crippen LogP contribution is 2.25. The normalized spacial score (nSPS) is 20.4. The molecule has 0 spiro atoms. The quantitative estimate of drug-likeness (QED) is 0.810. The highest BCUT2D eigenvalue weighted by atomic mass is 16.5. The third-order valence-electron chi connectivity index (χ3n) is 4.83. The van der Waals surface area contributed by atoms with Gasteiger partial charge in [0.25, 0.3) is 0 Å². The number of carbonyl (C=O) groups excluding carboxylic acids is 1. The molecular formula is C21H26N2O2. The van der Waals surface area contributed by atoms with Crippen LogP contribution in [-0.4, -0.2) is 35.0 Å². The van der Waals surface area contributed by atoms with Crippen LogP contribution in [0.5, 0.6) is 0 Å². The summed E-state index contributed by atoms with van der Waals surface area (Å²) in [6, 6.07) is 16.3. The van der Waals surface area contributed by atoms with Crippen molar-refractivity contribution < 1.29 is 9.53 Å². The second kappa shape index (κ2) is 8.77. The number of hydrogen-bond acceptors (Lipinski definition) is 3. The van der Waals surface area contributed by atoms with Crippen molar-refractivity contribution in [3.8, 4) is 0 Å². The Kier molecular flexibility index (Phi) is 6.18. The minimum absolute atomic E-state index is 0.156. The number of rotatable bonds is 6. The molecule has 0 saturated carbocycles. The van der Waals surface area contributed by atoms with E-state index in [0.717, 1.165) is 31.6 Å². The number of nitrogens with zero attached hydrogens (tertiary/aromatic N) is 2. The van der Waals surface area contributed by atoms with Crippen LogP contribution in [0.15, 0.2) is 54.7 Å². The van der Waals surface area contributed by atoms with E-state index < -0.39 is 0 Å². The first-order chi connectivity index (χ1) is 12.3. The summed E-state index contributed by atoms with van der Waals surface area (Å²) in [6.07, 6.45) is 4.33. The summed E-state index contributed by atoms with van der Waals surface area (Å²) in [7, 11) is 0. The van der Waals surface area contributed by atoms with E-state index in [0.29, 0.717) is 18.9 Å². The van der Waals surface area contributed by atoms with Crippen LogP contribution in [0.2, 0.25) is 0 Å². The zero-order valence-electron chi connectivity index (χ0n) is 14.8. The number of likely N-dealkylation sites (tertiary alicyclic amines) is 1. The predicted octanol–water partition coefficient (Wildman–Crippen LogP) is 3.47. The molecule has 132 valence electrons. The molecule has 2 atom stereocenters. The van der Waals surface area contributed by atoms with Gasteiger partial charge in [-0.25, -0.2) is 0 Å². The molecule has 25 heavy (non-hydrogen) atoms. The van der Waals surface area contributed by atoms with Crippen molar-refractivity contribution in [2.45, 2.75) is 38.9 Å². The number of amides is 1. The SMILES string of the molecule is CCC(=O)N1CC[C@H](OCc2ccccn2)[C@@H](Cc2ccccc2)C1. The van der Waals surface area contributed by atoms with E-state index in [2.05, 4.69) is 29.2 Å². The Morgan fingerprint density at radius 1 is 1.20 bits per heavy atom. The van der Waals surface area contributed by atoms with Gasteiger partial charge in [-0.1, -0.05) is 43.3 Å². The summed E-state index contributed by atoms with van der Waals surface area (Å²) >= 11 is 0. The van der Waals surface area contributed by atoms with Crippen LogP contribution in [0.4, 0.5) is 0 Å². The average molecular weight is 338 g/mol. The molecule has 1 saturated heterocycles. The van der Waals surface area contributed by atoms with Crippen LogP contribution in [0.3, 0.4) is 0 Å². The molecule has 1 aromatic carbocycles. The Balaban J connectivity index is 1.67. The van der Waals surface area contributed by atoms with Gasteiger partial charge >= 0.3 is 0 Å². The standard InChI is InChI=1S/C21H26N2O2/c1-2-21(24)23-13-11-20(25-16-19-10-6-7-12-22-19)18(15-23)14-17-8-4-3-5-9-17/h3-10,12,18,20H,2,11,13-16H2,1H3/t18-,20-/m0/s1.